The molecule has 3 heterocycles. The number of aromatic nitrogens is 4. The summed E-state index contributed by atoms with van der Waals surface area (Å²) in [5.41, 5.74) is 5.12. The number of nitrogens with two attached hydrogens (primary N) is 1. The van der Waals surface area contributed by atoms with Crippen LogP contribution in [0.1, 0.15) is 6.23 Å². The molecule has 1 fully saturated rings. The molecule has 1 aliphatic rings. The predicted octanol–water partition coefficient (Wildman–Crippen LogP) is -2.69. The molecule has 108 valence electrons. The second kappa shape index (κ2) is 4.52. The lowest BCUT2D eigenvalue weighted by Crippen LogP contribution is -2.33. The molecule has 1 aliphatic heterocycles. The topological polar surface area (TPSA) is 160 Å². The number of nitrogens with one attached hydrogen (secondary N) is 1. The van der Waals surface area contributed by atoms with Gasteiger partial charge in [-0.25, -0.2) is 4.98 Å². The highest BCUT2D eigenvalue weighted by Crippen LogP contribution is 2.30. The van der Waals surface area contributed by atoms with E-state index < -0.39 is 36.7 Å². The van der Waals surface area contributed by atoms with Crippen LogP contribution in [0, 0.1) is 0 Å². The summed E-state index contributed by atoms with van der Waals surface area (Å²) in [6, 6.07) is 0. The number of ether oxygens (including phenoxy) is 1. The Balaban J connectivity index is 2.09. The molecule has 0 radical (unpaired) electrons. The average Bonchev–Trinajstić information content (AvgIpc) is 2.93. The molecule has 0 amide bonds. The number of fused-ring (bicyclic) bond motifs is 1. The fourth-order valence-electron chi connectivity index (χ4n) is 2.24. The Morgan fingerprint density at radius 3 is 2.85 bits per heavy atom. The van der Waals surface area contributed by atoms with E-state index in [-0.39, 0.29) is 17.1 Å². The number of imidazole rings is 1. The number of aliphatic hydroxyl groups is 3. The largest absolute Gasteiger partial charge is 0.394 e. The minimum atomic E-state index is -1.29. The molecule has 0 bridgehead atoms. The molecule has 0 aliphatic carbocycles. The summed E-state index contributed by atoms with van der Waals surface area (Å²) in [5, 5.41) is 28.7. The average molecular weight is 284 g/mol. The van der Waals surface area contributed by atoms with Crippen LogP contribution in [0.3, 0.4) is 0 Å². The van der Waals surface area contributed by atoms with E-state index in [4.69, 9.17) is 15.6 Å². The van der Waals surface area contributed by atoms with Gasteiger partial charge in [-0.3, -0.25) is 14.3 Å². The van der Waals surface area contributed by atoms with Gasteiger partial charge in [0, 0.05) is 0 Å². The van der Waals surface area contributed by atoms with Crippen LogP contribution in [0.4, 0.5) is 5.95 Å². The number of hydrogen-bond acceptors (Lipinski definition) is 8. The highest BCUT2D eigenvalue weighted by Gasteiger charge is 2.44. The van der Waals surface area contributed by atoms with Gasteiger partial charge in [0.25, 0.3) is 5.56 Å². The Hall–Kier alpha value is -2.01. The maximum Gasteiger partial charge on any atom is 0.280 e. The SMILES string of the molecule is Nc1nc2c(ncn2[C@@H]2O[C@H](CO)[C@@H](O)[C@H]2O)c(=O)[15nH]1. The maximum atomic E-state index is 11.7. The number of nitrogens with zero attached hydrogens (tertiary/aromatic N) is 3. The van der Waals surface area contributed by atoms with Crippen molar-refractivity contribution in [1.29, 1.82) is 0 Å². The predicted molar refractivity (Wildman–Crippen MR) is 65.6 cm³/mol. The summed E-state index contributed by atoms with van der Waals surface area (Å²) in [4.78, 5) is 21.8. The van der Waals surface area contributed by atoms with Gasteiger partial charge in [0.1, 0.15) is 18.3 Å². The molecule has 0 saturated carbocycles. The maximum absolute atomic E-state index is 11.7. The highest BCUT2D eigenvalue weighted by molar-refractivity contribution is 5.70. The minimum Gasteiger partial charge on any atom is -0.394 e. The zero-order valence-electron chi connectivity index (χ0n) is 10.2. The minimum absolute atomic E-state index is 0.0388. The van der Waals surface area contributed by atoms with E-state index in [1.54, 1.807) is 0 Å². The van der Waals surface area contributed by atoms with Crippen molar-refractivity contribution in [3.63, 3.8) is 0 Å². The van der Waals surface area contributed by atoms with Crippen molar-refractivity contribution in [2.45, 2.75) is 24.5 Å². The van der Waals surface area contributed by atoms with E-state index in [1.165, 1.54) is 10.9 Å². The Kier molecular flexibility index (Phi) is 2.94. The van der Waals surface area contributed by atoms with Gasteiger partial charge in [-0.15, -0.1) is 0 Å². The van der Waals surface area contributed by atoms with E-state index in [9.17, 15) is 15.0 Å². The zero-order valence-corrected chi connectivity index (χ0v) is 10.2. The van der Waals surface area contributed by atoms with Crippen LogP contribution < -0.4 is 11.3 Å². The smallest absolute Gasteiger partial charge is 0.280 e. The van der Waals surface area contributed by atoms with E-state index in [0.29, 0.717) is 0 Å². The third-order valence-electron chi connectivity index (χ3n) is 3.24. The van der Waals surface area contributed by atoms with E-state index in [2.05, 4.69) is 15.0 Å². The molecule has 0 spiro atoms. The molecule has 10 heteroatoms. The molecular weight excluding hydrogens is 271 g/mol. The van der Waals surface area contributed by atoms with Crippen molar-refractivity contribution in [2.24, 2.45) is 0 Å². The molecule has 1 saturated heterocycles. The van der Waals surface area contributed by atoms with Crippen LogP contribution in [0.15, 0.2) is 11.1 Å². The lowest BCUT2D eigenvalue weighted by molar-refractivity contribution is -0.0511. The van der Waals surface area contributed by atoms with E-state index in [0.717, 1.165) is 0 Å². The Morgan fingerprint density at radius 2 is 2.20 bits per heavy atom. The van der Waals surface area contributed by atoms with Gasteiger partial charge in [0.05, 0.1) is 12.9 Å². The van der Waals surface area contributed by atoms with Gasteiger partial charge >= 0.3 is 0 Å². The second-order valence-corrected chi connectivity index (χ2v) is 4.50. The first-order valence-corrected chi connectivity index (χ1v) is 5.87. The molecule has 4 atom stereocenters. The lowest BCUT2D eigenvalue weighted by Gasteiger charge is -2.16. The number of hydrogen-bond donors (Lipinski definition) is 5. The van der Waals surface area contributed by atoms with Crippen molar-refractivity contribution >= 4 is 17.1 Å². The van der Waals surface area contributed by atoms with Crippen LogP contribution in [0.25, 0.3) is 11.2 Å². The van der Waals surface area contributed by atoms with Crippen molar-refractivity contribution in [3.8, 4) is 0 Å². The molecule has 3 rings (SSSR count). The Bertz CT molecular complexity index is 697. The summed E-state index contributed by atoms with van der Waals surface area (Å²) in [5.74, 6) is -0.101. The van der Waals surface area contributed by atoms with Crippen molar-refractivity contribution in [1.82, 2.24) is 19.5 Å². The van der Waals surface area contributed by atoms with Gasteiger partial charge in [0.2, 0.25) is 5.95 Å². The third-order valence-corrected chi connectivity index (χ3v) is 3.24. The summed E-state index contributed by atoms with van der Waals surface area (Å²) in [6.07, 6.45) is -3.21. The van der Waals surface area contributed by atoms with Crippen LogP contribution in [-0.2, 0) is 4.74 Å². The van der Waals surface area contributed by atoms with Gasteiger partial charge in [-0.1, -0.05) is 0 Å². The van der Waals surface area contributed by atoms with E-state index >= 15 is 0 Å². The van der Waals surface area contributed by atoms with Gasteiger partial charge < -0.3 is 25.8 Å². The Morgan fingerprint density at radius 1 is 1.45 bits per heavy atom. The molecule has 2 aromatic heterocycles. The first-order chi connectivity index (χ1) is 9.52. The molecule has 0 aromatic carbocycles. The third kappa shape index (κ3) is 1.78. The molecule has 6 N–H and O–H groups in total. The van der Waals surface area contributed by atoms with Crippen LogP contribution in [0.2, 0.25) is 0 Å². The summed E-state index contributed by atoms with van der Waals surface area (Å²) < 4.78 is 6.64. The monoisotopic (exact) mass is 284 g/mol. The number of aliphatic hydroxyl groups excluding tert-OH is 3. The van der Waals surface area contributed by atoms with Crippen molar-refractivity contribution < 1.29 is 20.1 Å². The highest BCUT2D eigenvalue weighted by atomic mass is 16.6. The van der Waals surface area contributed by atoms with Crippen molar-refractivity contribution in [3.05, 3.63) is 16.7 Å². The molecule has 10 nitrogen and oxygen atoms in total. The lowest BCUT2D eigenvalue weighted by atomic mass is 10.1. The van der Waals surface area contributed by atoms with Crippen LogP contribution >= 0.6 is 0 Å². The summed E-state index contributed by atoms with van der Waals surface area (Å²) in [6.45, 7) is -0.447. The number of nitrogen functional groups attached to an aromatic ring is 1. The fourth-order valence-corrected chi connectivity index (χ4v) is 2.24. The second-order valence-electron chi connectivity index (χ2n) is 4.50. The van der Waals surface area contributed by atoms with Gasteiger partial charge in [0.15, 0.2) is 17.4 Å². The number of rotatable bonds is 2. The van der Waals surface area contributed by atoms with Crippen LogP contribution in [-0.4, -0.2) is 59.8 Å². The van der Waals surface area contributed by atoms with Crippen molar-refractivity contribution in [2.75, 3.05) is 12.3 Å². The molecular formula is C10H13N5O5. The number of H-pyrrole nitrogens is 1. The normalized spacial score (nSPS) is 30.1. The summed E-state index contributed by atoms with van der Waals surface area (Å²) >= 11 is 0. The standard InChI is InChI=1S/C10H13N5O5/c11-10-13-7-4(8(19)14-10)12-2-15(7)9-6(18)5(17)3(1-16)20-9/h2-3,5-6,9,16-18H,1H2,(H3,11,13,14,19)/t3-,5-,6-,9-/m1/s1/i14+1. The zero-order chi connectivity index (χ0) is 14.4. The van der Waals surface area contributed by atoms with Crippen LogP contribution in [0.5, 0.6) is 0 Å². The van der Waals surface area contributed by atoms with Gasteiger partial charge in [-0.05, 0) is 0 Å². The summed E-state index contributed by atoms with van der Waals surface area (Å²) in [7, 11) is 0. The number of anilines is 1. The molecule has 2 aromatic rings. The van der Waals surface area contributed by atoms with E-state index in [1.807, 2.05) is 0 Å². The number of aromatic amines is 1. The Labute approximate surface area is 111 Å². The quantitative estimate of drug-likeness (QED) is 0.398. The van der Waals surface area contributed by atoms with Gasteiger partial charge in [-0.2, -0.15) is 4.98 Å². The first kappa shape index (κ1) is 13.0. The fraction of sp³-hybridized carbons (Fsp3) is 0.500. The molecule has 0 unspecified atom stereocenters. The molecule has 20 heavy (non-hydrogen) atoms. The first-order valence-electron chi connectivity index (χ1n) is 5.87.